The van der Waals surface area contributed by atoms with Crippen LogP contribution in [-0.2, 0) is 14.4 Å². The van der Waals surface area contributed by atoms with Gasteiger partial charge in [-0.05, 0) is 12.8 Å². The number of carboxylic acid groups (broad SMARTS) is 2. The maximum atomic E-state index is 11.7. The monoisotopic (exact) mass is 363 g/mol. The van der Waals surface area contributed by atoms with Crippen molar-refractivity contribution in [3.8, 4) is 0 Å². The van der Waals surface area contributed by atoms with Crippen LogP contribution in [-0.4, -0.2) is 93.2 Å². The molecule has 0 saturated carbocycles. The van der Waals surface area contributed by atoms with Crippen molar-refractivity contribution in [1.82, 2.24) is 5.32 Å². The van der Waals surface area contributed by atoms with Crippen LogP contribution in [0.15, 0.2) is 0 Å². The molecule has 0 rings (SSSR count). The molecule has 132 valence electrons. The van der Waals surface area contributed by atoms with Crippen molar-refractivity contribution in [1.29, 1.82) is 0 Å². The molecule has 0 aromatic rings. The molecule has 24 heavy (non-hydrogen) atoms. The number of carbonyl (C=O) groups excluding carboxylic acids is 1. The third-order valence-electron chi connectivity index (χ3n) is 3.54. The predicted octanol–water partition coefficient (Wildman–Crippen LogP) is 1.65. The molecule has 8 heteroatoms. The van der Waals surface area contributed by atoms with Crippen LogP contribution in [0.1, 0.15) is 77.6 Å². The fourth-order valence-electron chi connectivity index (χ4n) is 2.21. The normalized spacial score (nSPS) is 10.9. The number of carbonyl (C=O) groups is 3. The minimum atomic E-state index is -1.19. The Morgan fingerprint density at radius 1 is 0.833 bits per heavy atom. The van der Waals surface area contributed by atoms with Crippen LogP contribution in [0.4, 0.5) is 0 Å². The van der Waals surface area contributed by atoms with Gasteiger partial charge < -0.3 is 15.5 Å². The zero-order chi connectivity index (χ0) is 16.8. The Balaban J connectivity index is -0.00000220. The van der Waals surface area contributed by atoms with Crippen molar-refractivity contribution in [2.75, 3.05) is 0 Å². The van der Waals surface area contributed by atoms with E-state index in [0.717, 1.165) is 19.3 Å². The summed E-state index contributed by atoms with van der Waals surface area (Å²) in [5, 5.41) is 19.9. The summed E-state index contributed by atoms with van der Waals surface area (Å²) in [6.45, 7) is 2.18. The molecule has 0 aliphatic carbocycles. The summed E-state index contributed by atoms with van der Waals surface area (Å²) in [7, 11) is 0. The van der Waals surface area contributed by atoms with Crippen LogP contribution in [0, 0.1) is 0 Å². The fourth-order valence-corrected chi connectivity index (χ4v) is 2.21. The predicted molar refractivity (Wildman–Crippen MR) is 98.0 cm³/mol. The Hall–Kier alpha value is 0.410. The second kappa shape index (κ2) is 19.7. The summed E-state index contributed by atoms with van der Waals surface area (Å²) in [6, 6.07) is -1.11. The van der Waals surface area contributed by atoms with Gasteiger partial charge in [0.1, 0.15) is 6.04 Å². The van der Waals surface area contributed by atoms with Crippen LogP contribution in [0.25, 0.3) is 0 Å². The van der Waals surface area contributed by atoms with E-state index in [1.54, 1.807) is 0 Å². The van der Waals surface area contributed by atoms with Gasteiger partial charge >= 0.3 is 71.1 Å². The molecule has 6 nitrogen and oxygen atoms in total. The molecule has 0 heterocycles. The number of hydrogen-bond acceptors (Lipinski definition) is 3. The molecular weight excluding hydrogens is 332 g/mol. The van der Waals surface area contributed by atoms with E-state index in [1.165, 1.54) is 32.1 Å². The van der Waals surface area contributed by atoms with Gasteiger partial charge in [-0.2, -0.15) is 0 Å². The Morgan fingerprint density at radius 3 is 1.79 bits per heavy atom. The molecule has 0 unspecified atom stereocenters. The molecular formula is C16H31NNa2O5. The van der Waals surface area contributed by atoms with Crippen LogP contribution >= 0.6 is 0 Å². The van der Waals surface area contributed by atoms with Gasteiger partial charge in [0, 0.05) is 12.8 Å². The Bertz CT molecular complexity index is 353. The van der Waals surface area contributed by atoms with Gasteiger partial charge in [0.25, 0.3) is 0 Å². The summed E-state index contributed by atoms with van der Waals surface area (Å²) in [5.74, 6) is -2.57. The standard InChI is InChI=1S/C16H29NO5.2Na.2H/c1-2-3-4-5-6-7-8-9-10-14(18)17-13(16(21)22)11-12-15(19)20;;;;/h13H,2-12H2,1H3,(H,17,18)(H,19,20)(H,21,22);;;;/t13-;;;;/m0..../s1. The van der Waals surface area contributed by atoms with Crippen LogP contribution in [0.5, 0.6) is 0 Å². The van der Waals surface area contributed by atoms with Crippen molar-refractivity contribution < 1.29 is 24.6 Å². The Labute approximate surface area is 189 Å². The summed E-state index contributed by atoms with van der Waals surface area (Å²) in [6.07, 6.45) is 8.92. The average Bonchev–Trinajstić information content (AvgIpc) is 2.45. The van der Waals surface area contributed by atoms with Crippen molar-refractivity contribution in [3.63, 3.8) is 0 Å². The van der Waals surface area contributed by atoms with E-state index >= 15 is 0 Å². The number of unbranched alkanes of at least 4 members (excludes halogenated alkanes) is 7. The average molecular weight is 363 g/mol. The van der Waals surface area contributed by atoms with Gasteiger partial charge in [0.15, 0.2) is 0 Å². The number of amides is 1. The zero-order valence-electron chi connectivity index (χ0n) is 13.5. The minimum absolute atomic E-state index is 0. The van der Waals surface area contributed by atoms with Gasteiger partial charge in [-0.25, -0.2) is 4.79 Å². The molecule has 1 atom stereocenters. The molecule has 0 aromatic carbocycles. The van der Waals surface area contributed by atoms with E-state index in [9.17, 15) is 14.4 Å². The molecule has 0 aromatic heterocycles. The first-order valence-electron chi connectivity index (χ1n) is 8.21. The van der Waals surface area contributed by atoms with Crippen molar-refractivity contribution >= 4 is 77.0 Å². The second-order valence-corrected chi connectivity index (χ2v) is 5.62. The summed E-state index contributed by atoms with van der Waals surface area (Å²) >= 11 is 0. The number of aliphatic carboxylic acids is 2. The van der Waals surface area contributed by atoms with Gasteiger partial charge in [0.05, 0.1) is 0 Å². The van der Waals surface area contributed by atoms with E-state index < -0.39 is 18.0 Å². The van der Waals surface area contributed by atoms with E-state index in [2.05, 4.69) is 12.2 Å². The van der Waals surface area contributed by atoms with E-state index in [1.807, 2.05) is 0 Å². The second-order valence-electron chi connectivity index (χ2n) is 5.62. The number of hydrogen-bond donors (Lipinski definition) is 3. The fraction of sp³-hybridized carbons (Fsp3) is 0.812. The molecule has 0 saturated heterocycles. The van der Waals surface area contributed by atoms with Crippen LogP contribution in [0.3, 0.4) is 0 Å². The first-order valence-corrected chi connectivity index (χ1v) is 8.21. The quantitative estimate of drug-likeness (QED) is 0.322. The first kappa shape index (κ1) is 29.2. The Kier molecular flexibility index (Phi) is 24.0. The maximum absolute atomic E-state index is 11.7. The number of nitrogens with one attached hydrogen (secondary N) is 1. The van der Waals surface area contributed by atoms with E-state index in [0.29, 0.717) is 6.42 Å². The molecule has 1 amide bonds. The van der Waals surface area contributed by atoms with Gasteiger partial charge in [-0.1, -0.05) is 51.9 Å². The van der Waals surface area contributed by atoms with Crippen LogP contribution < -0.4 is 5.32 Å². The topological polar surface area (TPSA) is 104 Å². The summed E-state index contributed by atoms with van der Waals surface area (Å²) in [4.78, 5) is 33.0. The summed E-state index contributed by atoms with van der Waals surface area (Å²) in [5.41, 5.74) is 0. The molecule has 0 aliphatic rings. The summed E-state index contributed by atoms with van der Waals surface area (Å²) < 4.78 is 0. The molecule has 0 fully saturated rings. The Morgan fingerprint density at radius 2 is 1.33 bits per heavy atom. The molecule has 0 radical (unpaired) electrons. The van der Waals surface area contributed by atoms with E-state index in [-0.39, 0.29) is 77.9 Å². The van der Waals surface area contributed by atoms with Gasteiger partial charge in [0.2, 0.25) is 5.91 Å². The molecule has 0 bridgehead atoms. The SMILES string of the molecule is CCCCCCCCCCC(=O)N[C@@H](CCC(=O)O)C(=O)O.[NaH].[NaH]. The number of rotatable bonds is 14. The third kappa shape index (κ3) is 18.7. The first-order chi connectivity index (χ1) is 10.5. The van der Waals surface area contributed by atoms with Crippen LogP contribution in [0.2, 0.25) is 0 Å². The zero-order valence-corrected chi connectivity index (χ0v) is 13.5. The van der Waals surface area contributed by atoms with Gasteiger partial charge in [-0.3, -0.25) is 9.59 Å². The molecule has 0 spiro atoms. The van der Waals surface area contributed by atoms with E-state index in [4.69, 9.17) is 10.2 Å². The number of carboxylic acids is 2. The molecule has 3 N–H and O–H groups in total. The van der Waals surface area contributed by atoms with Gasteiger partial charge in [-0.15, -0.1) is 0 Å². The molecule has 0 aliphatic heterocycles. The third-order valence-corrected chi connectivity index (χ3v) is 3.54. The van der Waals surface area contributed by atoms with Crippen molar-refractivity contribution in [2.45, 2.75) is 83.6 Å². The van der Waals surface area contributed by atoms with Crippen molar-refractivity contribution in [2.24, 2.45) is 0 Å². The van der Waals surface area contributed by atoms with Crippen molar-refractivity contribution in [3.05, 3.63) is 0 Å².